The predicted octanol–water partition coefficient (Wildman–Crippen LogP) is 1.39. The number of rotatable bonds is 6. The van der Waals surface area contributed by atoms with Crippen molar-refractivity contribution in [3.8, 4) is 0 Å². The Kier molecular flexibility index (Phi) is 5.67. The van der Waals surface area contributed by atoms with E-state index >= 15 is 0 Å². The number of aromatic nitrogens is 1. The molecule has 0 aromatic carbocycles. The third-order valence-electron chi connectivity index (χ3n) is 1.72. The fourth-order valence-electron chi connectivity index (χ4n) is 1.04. The van der Waals surface area contributed by atoms with Gasteiger partial charge in [0.1, 0.15) is 10.4 Å². The summed E-state index contributed by atoms with van der Waals surface area (Å²) in [6, 6.07) is -0.256. The topological polar surface area (TPSA) is 51.2 Å². The van der Waals surface area contributed by atoms with Crippen LogP contribution >= 0.6 is 23.1 Å². The van der Waals surface area contributed by atoms with Crippen molar-refractivity contribution in [1.82, 2.24) is 10.3 Å². The Balaban J connectivity index is 2.41. The Labute approximate surface area is 97.4 Å². The second-order valence-corrected chi connectivity index (χ2v) is 4.90. The molecular weight excluding hydrogens is 232 g/mol. The van der Waals surface area contributed by atoms with Crippen LogP contribution in [0.2, 0.25) is 0 Å². The van der Waals surface area contributed by atoms with Crippen molar-refractivity contribution < 1.29 is 9.53 Å². The van der Waals surface area contributed by atoms with E-state index in [1.165, 1.54) is 7.11 Å². The molecule has 0 spiro atoms. The zero-order valence-electron chi connectivity index (χ0n) is 8.73. The van der Waals surface area contributed by atoms with Gasteiger partial charge in [-0.15, -0.1) is 11.3 Å². The van der Waals surface area contributed by atoms with Gasteiger partial charge in [0, 0.05) is 17.3 Å². The Morgan fingerprint density at radius 2 is 2.60 bits per heavy atom. The molecule has 1 atom stereocenters. The molecule has 1 aromatic heterocycles. The van der Waals surface area contributed by atoms with Crippen molar-refractivity contribution >= 4 is 29.1 Å². The third-order valence-corrected chi connectivity index (χ3v) is 3.78. The zero-order chi connectivity index (χ0) is 11.1. The Hall–Kier alpha value is -0.590. The molecule has 0 saturated carbocycles. The molecule has 1 heterocycles. The lowest BCUT2D eigenvalue weighted by Crippen LogP contribution is -2.39. The standard InChI is InChI=1S/C9H14N2O2S2/c1-3-10-7(8(12)13-2)6-15-9-11-4-5-14-9/h4-5,7,10H,3,6H2,1-2H3. The molecule has 0 aliphatic carbocycles. The maximum atomic E-state index is 11.3. The highest BCUT2D eigenvalue weighted by molar-refractivity contribution is 8.01. The fraction of sp³-hybridized carbons (Fsp3) is 0.556. The monoisotopic (exact) mass is 246 g/mol. The van der Waals surface area contributed by atoms with E-state index in [1.807, 2.05) is 12.3 Å². The van der Waals surface area contributed by atoms with E-state index in [4.69, 9.17) is 4.74 Å². The summed E-state index contributed by atoms with van der Waals surface area (Å²) in [6.45, 7) is 2.71. The highest BCUT2D eigenvalue weighted by atomic mass is 32.2. The van der Waals surface area contributed by atoms with Crippen LogP contribution in [0.15, 0.2) is 15.9 Å². The third kappa shape index (κ3) is 4.19. The van der Waals surface area contributed by atoms with Gasteiger partial charge in [0.25, 0.3) is 0 Å². The van der Waals surface area contributed by atoms with Crippen LogP contribution in [0.1, 0.15) is 6.92 Å². The molecular formula is C9H14N2O2S2. The highest BCUT2D eigenvalue weighted by Gasteiger charge is 2.18. The lowest BCUT2D eigenvalue weighted by atomic mass is 10.3. The van der Waals surface area contributed by atoms with E-state index < -0.39 is 0 Å². The molecule has 1 unspecified atom stereocenters. The molecule has 1 aromatic rings. The highest BCUT2D eigenvalue weighted by Crippen LogP contribution is 2.20. The number of thioether (sulfide) groups is 1. The number of carbonyl (C=O) groups is 1. The Bertz CT molecular complexity index is 290. The van der Waals surface area contributed by atoms with E-state index in [0.717, 1.165) is 10.9 Å². The summed E-state index contributed by atoms with van der Waals surface area (Å²) in [6.07, 6.45) is 1.76. The first-order valence-corrected chi connectivity index (χ1v) is 6.48. The number of carbonyl (C=O) groups excluding carboxylic acids is 1. The van der Waals surface area contributed by atoms with Gasteiger partial charge in [-0.1, -0.05) is 18.7 Å². The molecule has 0 aliphatic rings. The zero-order valence-corrected chi connectivity index (χ0v) is 10.4. The van der Waals surface area contributed by atoms with E-state index in [1.54, 1.807) is 29.3 Å². The number of thiazole rings is 1. The van der Waals surface area contributed by atoms with Crippen LogP contribution in [0.5, 0.6) is 0 Å². The average molecular weight is 246 g/mol. The van der Waals surface area contributed by atoms with Crippen molar-refractivity contribution in [2.75, 3.05) is 19.4 Å². The summed E-state index contributed by atoms with van der Waals surface area (Å²) in [5.41, 5.74) is 0. The molecule has 0 saturated heterocycles. The molecule has 1 N–H and O–H groups in total. The molecule has 1 rings (SSSR count). The fourth-order valence-corrected chi connectivity index (χ4v) is 2.74. The van der Waals surface area contributed by atoms with Crippen molar-refractivity contribution in [1.29, 1.82) is 0 Å². The largest absolute Gasteiger partial charge is 0.468 e. The number of methoxy groups -OCH3 is 1. The Morgan fingerprint density at radius 1 is 1.80 bits per heavy atom. The van der Waals surface area contributed by atoms with Gasteiger partial charge in [-0.3, -0.25) is 4.79 Å². The van der Waals surface area contributed by atoms with Crippen LogP contribution in [0.25, 0.3) is 0 Å². The van der Waals surface area contributed by atoms with Gasteiger partial charge in [0.2, 0.25) is 0 Å². The quantitative estimate of drug-likeness (QED) is 0.607. The number of nitrogens with one attached hydrogen (secondary N) is 1. The van der Waals surface area contributed by atoms with Crippen molar-refractivity contribution in [3.05, 3.63) is 11.6 Å². The van der Waals surface area contributed by atoms with Crippen molar-refractivity contribution in [2.24, 2.45) is 0 Å². The minimum absolute atomic E-state index is 0.221. The van der Waals surface area contributed by atoms with E-state index in [0.29, 0.717) is 5.75 Å². The van der Waals surface area contributed by atoms with Crippen LogP contribution < -0.4 is 5.32 Å². The van der Waals surface area contributed by atoms with Gasteiger partial charge >= 0.3 is 5.97 Å². The first-order valence-electron chi connectivity index (χ1n) is 4.61. The normalized spacial score (nSPS) is 12.4. The SMILES string of the molecule is CCNC(CSc1nccs1)C(=O)OC. The number of hydrogen-bond donors (Lipinski definition) is 1. The number of hydrogen-bond acceptors (Lipinski definition) is 6. The predicted molar refractivity (Wildman–Crippen MR) is 62.3 cm³/mol. The van der Waals surface area contributed by atoms with E-state index in [-0.39, 0.29) is 12.0 Å². The number of esters is 1. The summed E-state index contributed by atoms with van der Waals surface area (Å²) in [5.74, 6) is 0.425. The minimum Gasteiger partial charge on any atom is -0.468 e. The summed E-state index contributed by atoms with van der Waals surface area (Å²) in [5, 5.41) is 5.00. The molecule has 0 fully saturated rings. The Morgan fingerprint density at radius 3 is 3.13 bits per heavy atom. The van der Waals surface area contributed by atoms with Gasteiger partial charge in [-0.2, -0.15) is 0 Å². The smallest absolute Gasteiger partial charge is 0.323 e. The first kappa shape index (κ1) is 12.5. The van der Waals surface area contributed by atoms with Crippen LogP contribution in [-0.2, 0) is 9.53 Å². The van der Waals surface area contributed by atoms with Crippen molar-refractivity contribution in [3.63, 3.8) is 0 Å². The molecule has 0 aliphatic heterocycles. The summed E-state index contributed by atoms with van der Waals surface area (Å²) < 4.78 is 5.68. The summed E-state index contributed by atoms with van der Waals surface area (Å²) >= 11 is 3.14. The van der Waals surface area contributed by atoms with Crippen LogP contribution in [0.3, 0.4) is 0 Å². The van der Waals surface area contributed by atoms with Gasteiger partial charge in [-0.25, -0.2) is 4.98 Å². The van der Waals surface area contributed by atoms with E-state index in [9.17, 15) is 4.79 Å². The molecule has 0 amide bonds. The van der Waals surface area contributed by atoms with Crippen LogP contribution in [-0.4, -0.2) is 36.4 Å². The molecule has 15 heavy (non-hydrogen) atoms. The molecule has 0 bridgehead atoms. The van der Waals surface area contributed by atoms with E-state index in [2.05, 4.69) is 10.3 Å². The molecule has 4 nitrogen and oxygen atoms in total. The minimum atomic E-state index is -0.256. The number of nitrogens with zero attached hydrogens (tertiary/aromatic N) is 1. The summed E-state index contributed by atoms with van der Waals surface area (Å²) in [7, 11) is 1.40. The lowest BCUT2D eigenvalue weighted by Gasteiger charge is -2.13. The molecule has 6 heteroatoms. The van der Waals surface area contributed by atoms with Gasteiger partial charge in [-0.05, 0) is 6.54 Å². The van der Waals surface area contributed by atoms with Crippen LogP contribution in [0, 0.1) is 0 Å². The number of ether oxygens (including phenoxy) is 1. The second kappa shape index (κ2) is 6.81. The number of likely N-dealkylation sites (N-methyl/N-ethyl adjacent to an activating group) is 1. The van der Waals surface area contributed by atoms with Crippen molar-refractivity contribution in [2.45, 2.75) is 17.3 Å². The van der Waals surface area contributed by atoms with Gasteiger partial charge in [0.05, 0.1) is 7.11 Å². The summed E-state index contributed by atoms with van der Waals surface area (Å²) in [4.78, 5) is 15.5. The maximum Gasteiger partial charge on any atom is 0.323 e. The average Bonchev–Trinajstić information content (AvgIpc) is 2.76. The second-order valence-electron chi connectivity index (χ2n) is 2.74. The maximum absolute atomic E-state index is 11.3. The molecule has 84 valence electrons. The van der Waals surface area contributed by atoms with Gasteiger partial charge in [0.15, 0.2) is 0 Å². The first-order chi connectivity index (χ1) is 7.27. The van der Waals surface area contributed by atoms with Crippen LogP contribution in [0.4, 0.5) is 0 Å². The van der Waals surface area contributed by atoms with Gasteiger partial charge < -0.3 is 10.1 Å². The molecule has 0 radical (unpaired) electrons. The lowest BCUT2D eigenvalue weighted by molar-refractivity contribution is -0.142.